The summed E-state index contributed by atoms with van der Waals surface area (Å²) in [5, 5.41) is 8.60. The monoisotopic (exact) mass is 774 g/mol. The second kappa shape index (κ2) is 17.7. The summed E-state index contributed by atoms with van der Waals surface area (Å²) in [5.74, 6) is 0. The van der Waals surface area contributed by atoms with Gasteiger partial charge in [-0.15, -0.1) is 0 Å². The van der Waals surface area contributed by atoms with Gasteiger partial charge in [0.2, 0.25) is 0 Å². The zero-order chi connectivity index (χ0) is 39.5. The number of nitrogens with two attached hydrogens (primary N) is 1. The van der Waals surface area contributed by atoms with E-state index in [1.165, 1.54) is 100 Å². The molecule has 288 valence electrons. The van der Waals surface area contributed by atoms with E-state index in [2.05, 4.69) is 182 Å². The van der Waals surface area contributed by atoms with Gasteiger partial charge in [0.05, 0.1) is 0 Å². The Morgan fingerprint density at radius 2 is 0.750 bits per heavy atom. The van der Waals surface area contributed by atoms with E-state index in [1.807, 2.05) is 0 Å². The van der Waals surface area contributed by atoms with E-state index in [9.17, 15) is 0 Å². The Labute approximate surface area is 340 Å². The molecule has 0 saturated heterocycles. The van der Waals surface area contributed by atoms with E-state index in [4.69, 9.17) is 5.73 Å². The number of rotatable bonds is 11. The van der Waals surface area contributed by atoms with Crippen molar-refractivity contribution in [3.63, 3.8) is 0 Å². The van der Waals surface area contributed by atoms with E-state index in [0.29, 0.717) is 6.04 Å². The summed E-state index contributed by atoms with van der Waals surface area (Å²) in [4.78, 5) is 2.77. The molecule has 6 aromatic carbocycles. The predicted octanol–water partition coefficient (Wildman–Crippen LogP) is 9.94. The molecule has 0 aromatic heterocycles. The molecule has 2 nitrogen and oxygen atoms in total. The lowest BCUT2D eigenvalue weighted by atomic mass is 9.89. The molecule has 4 heteroatoms. The molecule has 6 aromatic rings. The van der Waals surface area contributed by atoms with Crippen LogP contribution < -0.4 is 37.6 Å². The maximum Gasteiger partial charge on any atom is 0.0254 e. The lowest BCUT2D eigenvalue weighted by Crippen LogP contribution is -2.49. The highest BCUT2D eigenvalue weighted by molar-refractivity contribution is 7.80. The minimum atomic E-state index is -0.794. The van der Waals surface area contributed by atoms with Gasteiger partial charge in [-0.2, -0.15) is 0 Å². The summed E-state index contributed by atoms with van der Waals surface area (Å²) < 4.78 is 0. The van der Waals surface area contributed by atoms with Crippen LogP contribution in [0.2, 0.25) is 0 Å². The summed E-state index contributed by atoms with van der Waals surface area (Å²) in [6.45, 7) is 19.7. The molecule has 0 aliphatic heterocycles. The second-order valence-electron chi connectivity index (χ2n) is 16.7. The highest BCUT2D eigenvalue weighted by Gasteiger charge is 2.31. The van der Waals surface area contributed by atoms with E-state index in [-0.39, 0.29) is 6.04 Å². The molecule has 0 amide bonds. The molecule has 0 heterocycles. The van der Waals surface area contributed by atoms with Gasteiger partial charge in [0.15, 0.2) is 0 Å². The molecule has 0 bridgehead atoms. The molecule has 7 rings (SSSR count). The largest absolute Gasteiger partial charge is 0.326 e. The minimum Gasteiger partial charge on any atom is -0.326 e. The van der Waals surface area contributed by atoms with Gasteiger partial charge in [0.1, 0.15) is 0 Å². The van der Waals surface area contributed by atoms with Gasteiger partial charge in [-0.3, -0.25) is 4.90 Å². The Morgan fingerprint density at radius 1 is 0.446 bits per heavy atom. The van der Waals surface area contributed by atoms with Crippen molar-refractivity contribution in [3.8, 4) is 0 Å². The summed E-state index contributed by atoms with van der Waals surface area (Å²) in [6.07, 6.45) is 4.67. The third-order valence-corrected chi connectivity index (χ3v) is 16.3. The summed E-state index contributed by atoms with van der Waals surface area (Å²) >= 11 is 0. The maximum absolute atomic E-state index is 7.15. The molecule has 1 fully saturated rings. The minimum absolute atomic E-state index is 0.156. The smallest absolute Gasteiger partial charge is 0.0254 e. The average Bonchev–Trinajstić information content (AvgIpc) is 3.12. The summed E-state index contributed by atoms with van der Waals surface area (Å²) in [5.41, 5.74) is 20.6. The lowest BCUT2D eigenvalue weighted by molar-refractivity contribution is 0.122. The predicted molar refractivity (Wildman–Crippen MR) is 248 cm³/mol. The van der Waals surface area contributed by atoms with Crippen LogP contribution in [0.3, 0.4) is 0 Å². The van der Waals surface area contributed by atoms with Crippen molar-refractivity contribution in [1.29, 1.82) is 0 Å². The lowest BCUT2D eigenvalue weighted by Gasteiger charge is -2.40. The first-order valence-corrected chi connectivity index (χ1v) is 23.2. The molecule has 1 saturated carbocycles. The van der Waals surface area contributed by atoms with Gasteiger partial charge >= 0.3 is 0 Å². The van der Waals surface area contributed by atoms with Crippen molar-refractivity contribution in [2.24, 2.45) is 5.73 Å². The van der Waals surface area contributed by atoms with Crippen LogP contribution in [0.1, 0.15) is 81.3 Å². The quantitative estimate of drug-likeness (QED) is 0.133. The SMILES string of the molecule is Cc1cc(C)cc(P(c2cc(C)cc(C)c2)c2ccccc2CN(Cc2ccccc2P(c2cc(C)cc(C)c2)c2cc(C)cc(C)c2)[C@H]2CCCC[C@@H]2N)c1. The van der Waals surface area contributed by atoms with Crippen molar-refractivity contribution in [2.75, 3.05) is 0 Å². The fourth-order valence-electron chi connectivity index (χ4n) is 9.22. The van der Waals surface area contributed by atoms with Gasteiger partial charge in [-0.05, 0) is 127 Å². The van der Waals surface area contributed by atoms with Crippen molar-refractivity contribution in [3.05, 3.63) is 177 Å². The number of hydrogen-bond donors (Lipinski definition) is 1. The van der Waals surface area contributed by atoms with E-state index in [0.717, 1.165) is 25.9 Å². The first-order chi connectivity index (χ1) is 26.9. The van der Waals surface area contributed by atoms with Gasteiger partial charge in [-0.1, -0.05) is 179 Å². The Balaban J connectivity index is 1.36. The Hall–Kier alpha value is -3.90. The molecule has 2 atom stereocenters. The third-order valence-electron chi connectivity index (χ3n) is 11.3. The number of nitrogens with zero attached hydrogens (tertiary/aromatic N) is 1. The van der Waals surface area contributed by atoms with E-state index >= 15 is 0 Å². The van der Waals surface area contributed by atoms with Gasteiger partial charge in [0.25, 0.3) is 0 Å². The Kier molecular flexibility index (Phi) is 12.7. The number of hydrogen-bond acceptors (Lipinski definition) is 2. The van der Waals surface area contributed by atoms with Gasteiger partial charge in [0, 0.05) is 25.2 Å². The van der Waals surface area contributed by atoms with Gasteiger partial charge < -0.3 is 5.73 Å². The van der Waals surface area contributed by atoms with Crippen LogP contribution in [0.15, 0.2) is 121 Å². The fourth-order valence-corrected chi connectivity index (χ4v) is 14.9. The summed E-state index contributed by atoms with van der Waals surface area (Å²) in [6, 6.07) is 47.8. The maximum atomic E-state index is 7.15. The molecule has 1 aliphatic carbocycles. The third kappa shape index (κ3) is 9.44. The fraction of sp³-hybridized carbons (Fsp3) is 0.308. The van der Waals surface area contributed by atoms with E-state index in [1.54, 1.807) is 0 Å². The van der Waals surface area contributed by atoms with Crippen LogP contribution in [-0.4, -0.2) is 17.0 Å². The Bertz CT molecular complexity index is 1990. The second-order valence-corrected chi connectivity index (χ2v) is 21.1. The summed E-state index contributed by atoms with van der Waals surface area (Å²) in [7, 11) is -1.59. The molecule has 0 spiro atoms. The molecule has 2 N–H and O–H groups in total. The van der Waals surface area contributed by atoms with Crippen LogP contribution >= 0.6 is 15.8 Å². The molecule has 0 unspecified atom stereocenters. The molecular formula is C52H60N2P2. The highest BCUT2D eigenvalue weighted by Crippen LogP contribution is 2.39. The van der Waals surface area contributed by atoms with Crippen LogP contribution in [0.4, 0.5) is 0 Å². The van der Waals surface area contributed by atoms with E-state index < -0.39 is 15.8 Å². The van der Waals surface area contributed by atoms with Gasteiger partial charge in [-0.25, -0.2) is 0 Å². The average molecular weight is 775 g/mol. The normalized spacial score (nSPS) is 15.9. The zero-order valence-corrected chi connectivity index (χ0v) is 36.7. The standard InChI is InChI=1S/C52H60N2P2/c1-35-21-36(2)26-45(25-35)55(46-27-37(3)22-38(4)28-46)51-19-13-9-15-43(51)33-54(50-18-12-11-17-49(50)53)34-44-16-10-14-20-52(44)56(47-29-39(5)23-40(6)30-47)48-31-41(7)24-42(8)32-48/h9-10,13-16,19-32,49-50H,11-12,17-18,33-34,53H2,1-8H3/t49-,50-/m0/s1. The van der Waals surface area contributed by atoms with Crippen LogP contribution in [0.5, 0.6) is 0 Å². The molecule has 0 radical (unpaired) electrons. The number of aryl methyl sites for hydroxylation is 8. The number of benzene rings is 6. The molecule has 1 aliphatic rings. The molecular weight excluding hydrogens is 715 g/mol. The highest BCUT2D eigenvalue weighted by atomic mass is 31.1. The van der Waals surface area contributed by atoms with Crippen molar-refractivity contribution >= 4 is 47.7 Å². The van der Waals surface area contributed by atoms with Crippen LogP contribution in [-0.2, 0) is 13.1 Å². The van der Waals surface area contributed by atoms with Crippen molar-refractivity contribution < 1.29 is 0 Å². The zero-order valence-electron chi connectivity index (χ0n) is 34.9. The molecule has 56 heavy (non-hydrogen) atoms. The first kappa shape index (κ1) is 40.3. The van der Waals surface area contributed by atoms with Crippen molar-refractivity contribution in [1.82, 2.24) is 4.90 Å². The van der Waals surface area contributed by atoms with Crippen molar-refractivity contribution in [2.45, 2.75) is 106 Å². The van der Waals surface area contributed by atoms with Crippen LogP contribution in [0, 0.1) is 55.4 Å². The first-order valence-electron chi connectivity index (χ1n) is 20.5. The van der Waals surface area contributed by atoms with Crippen LogP contribution in [0.25, 0.3) is 0 Å². The Morgan fingerprint density at radius 3 is 1.07 bits per heavy atom. The topological polar surface area (TPSA) is 29.3 Å².